The maximum Gasteiger partial charge on any atom is 0.0612 e. The average Bonchev–Trinajstić information content (AvgIpc) is 2.07. The zero-order chi connectivity index (χ0) is 7.94. The van der Waals surface area contributed by atoms with E-state index in [-0.39, 0.29) is 6.61 Å². The van der Waals surface area contributed by atoms with Crippen molar-refractivity contribution in [3.05, 3.63) is 48.0 Å². The molecule has 0 atom stereocenters. The lowest BCUT2D eigenvalue weighted by Gasteiger charge is -1.92. The number of allylic oxidation sites excluding steroid dienone is 1. The first-order chi connectivity index (χ1) is 5.43. The molecule has 1 aromatic carbocycles. The van der Waals surface area contributed by atoms with Crippen molar-refractivity contribution < 1.29 is 5.11 Å². The van der Waals surface area contributed by atoms with Gasteiger partial charge in [0.25, 0.3) is 0 Å². The van der Waals surface area contributed by atoms with Crippen molar-refractivity contribution in [1.29, 1.82) is 0 Å². The molecule has 0 amide bonds. The lowest BCUT2D eigenvalue weighted by Crippen LogP contribution is -1.79. The van der Waals surface area contributed by atoms with Crippen molar-refractivity contribution in [1.82, 2.24) is 0 Å². The zero-order valence-corrected chi connectivity index (χ0v) is 6.40. The maximum atomic E-state index is 8.46. The fraction of sp³-hybridized carbons (Fsp3) is 0.200. The zero-order valence-electron chi connectivity index (χ0n) is 6.40. The first kappa shape index (κ1) is 8.02. The molecule has 0 aliphatic rings. The summed E-state index contributed by atoms with van der Waals surface area (Å²) in [6.45, 7) is 0.132. The molecular formula is C10H12O. The summed E-state index contributed by atoms with van der Waals surface area (Å²) in [7, 11) is 0. The highest BCUT2D eigenvalue weighted by Crippen LogP contribution is 1.99. The van der Waals surface area contributed by atoms with Gasteiger partial charge in [-0.05, 0) is 12.0 Å². The van der Waals surface area contributed by atoms with Crippen LogP contribution in [0.3, 0.4) is 0 Å². The Morgan fingerprint density at radius 2 is 1.82 bits per heavy atom. The predicted molar refractivity (Wildman–Crippen MR) is 46.4 cm³/mol. The first-order valence-corrected chi connectivity index (χ1v) is 3.73. The van der Waals surface area contributed by atoms with Crippen LogP contribution in [0.1, 0.15) is 5.56 Å². The molecule has 1 aromatic rings. The number of aliphatic hydroxyl groups is 1. The first-order valence-electron chi connectivity index (χ1n) is 3.73. The molecule has 1 N–H and O–H groups in total. The number of benzene rings is 1. The van der Waals surface area contributed by atoms with E-state index in [4.69, 9.17) is 5.11 Å². The number of aliphatic hydroxyl groups excluding tert-OH is 1. The maximum absolute atomic E-state index is 8.46. The molecule has 58 valence electrons. The Bertz CT molecular complexity index is 214. The van der Waals surface area contributed by atoms with Gasteiger partial charge in [-0.3, -0.25) is 0 Å². The smallest absolute Gasteiger partial charge is 0.0612 e. The van der Waals surface area contributed by atoms with Gasteiger partial charge < -0.3 is 5.11 Å². The van der Waals surface area contributed by atoms with E-state index in [1.54, 1.807) is 6.08 Å². The Balaban J connectivity index is 2.45. The molecule has 0 fully saturated rings. The normalized spacial score (nSPS) is 10.6. The van der Waals surface area contributed by atoms with Crippen molar-refractivity contribution in [3.63, 3.8) is 0 Å². The van der Waals surface area contributed by atoms with Crippen LogP contribution in [0.25, 0.3) is 0 Å². The van der Waals surface area contributed by atoms with E-state index in [1.165, 1.54) is 5.56 Å². The molecule has 0 bridgehead atoms. The van der Waals surface area contributed by atoms with E-state index < -0.39 is 0 Å². The molecule has 0 saturated heterocycles. The second-order valence-electron chi connectivity index (χ2n) is 2.34. The van der Waals surface area contributed by atoms with Crippen molar-refractivity contribution >= 4 is 0 Å². The van der Waals surface area contributed by atoms with Crippen molar-refractivity contribution in [2.45, 2.75) is 6.42 Å². The third kappa shape index (κ3) is 3.01. The summed E-state index contributed by atoms with van der Waals surface area (Å²) >= 11 is 0. The minimum Gasteiger partial charge on any atom is -0.392 e. The van der Waals surface area contributed by atoms with Gasteiger partial charge in [-0.15, -0.1) is 0 Å². The lowest BCUT2D eigenvalue weighted by atomic mass is 10.1. The van der Waals surface area contributed by atoms with E-state index in [1.807, 2.05) is 24.3 Å². The van der Waals surface area contributed by atoms with Crippen LogP contribution < -0.4 is 0 Å². The molecule has 1 heteroatoms. The van der Waals surface area contributed by atoms with Crippen LogP contribution in [-0.4, -0.2) is 11.7 Å². The van der Waals surface area contributed by atoms with Gasteiger partial charge in [-0.2, -0.15) is 0 Å². The van der Waals surface area contributed by atoms with Gasteiger partial charge in [0.1, 0.15) is 0 Å². The number of hydrogen-bond donors (Lipinski definition) is 1. The average molecular weight is 148 g/mol. The van der Waals surface area contributed by atoms with Crippen LogP contribution in [0, 0.1) is 0 Å². The molecule has 0 saturated carbocycles. The van der Waals surface area contributed by atoms with Gasteiger partial charge in [0.15, 0.2) is 0 Å². The molecule has 0 heterocycles. The predicted octanol–water partition coefficient (Wildman–Crippen LogP) is 1.78. The summed E-state index contributed by atoms with van der Waals surface area (Å²) in [4.78, 5) is 0. The number of rotatable bonds is 3. The van der Waals surface area contributed by atoms with Gasteiger partial charge in [-0.25, -0.2) is 0 Å². The fourth-order valence-corrected chi connectivity index (χ4v) is 0.908. The van der Waals surface area contributed by atoms with E-state index >= 15 is 0 Å². The Morgan fingerprint density at radius 1 is 1.09 bits per heavy atom. The third-order valence-electron chi connectivity index (χ3n) is 1.47. The van der Waals surface area contributed by atoms with Crippen LogP contribution in [0.5, 0.6) is 0 Å². The minimum atomic E-state index is 0.132. The molecular weight excluding hydrogens is 136 g/mol. The summed E-state index contributed by atoms with van der Waals surface area (Å²) in [5.74, 6) is 0. The summed E-state index contributed by atoms with van der Waals surface area (Å²) in [5, 5.41) is 8.46. The van der Waals surface area contributed by atoms with Gasteiger partial charge in [0.05, 0.1) is 6.61 Å². The van der Waals surface area contributed by atoms with Crippen LogP contribution in [0.2, 0.25) is 0 Å². The van der Waals surface area contributed by atoms with Crippen molar-refractivity contribution in [2.75, 3.05) is 6.61 Å². The van der Waals surface area contributed by atoms with Gasteiger partial charge >= 0.3 is 0 Å². The molecule has 1 nitrogen and oxygen atoms in total. The Kier molecular flexibility index (Phi) is 3.42. The Labute approximate surface area is 67.0 Å². The highest BCUT2D eigenvalue weighted by molar-refractivity contribution is 5.17. The Hall–Kier alpha value is -1.08. The molecule has 0 unspecified atom stereocenters. The quantitative estimate of drug-likeness (QED) is 0.648. The molecule has 11 heavy (non-hydrogen) atoms. The molecule has 0 spiro atoms. The number of hydrogen-bond acceptors (Lipinski definition) is 1. The standard InChI is InChI=1S/C10H12O/c11-9-5-4-8-10-6-2-1-3-7-10/h1-7,11H,8-9H2/b5-4+. The molecule has 0 aliphatic carbocycles. The largest absolute Gasteiger partial charge is 0.392 e. The summed E-state index contributed by atoms with van der Waals surface area (Å²) < 4.78 is 0. The van der Waals surface area contributed by atoms with Gasteiger partial charge in [0, 0.05) is 0 Å². The van der Waals surface area contributed by atoms with Gasteiger partial charge in [-0.1, -0.05) is 42.5 Å². The monoisotopic (exact) mass is 148 g/mol. The SMILES string of the molecule is OC/C=C/Cc1ccccc1. The summed E-state index contributed by atoms with van der Waals surface area (Å²) in [5.41, 5.74) is 1.28. The van der Waals surface area contributed by atoms with Gasteiger partial charge in [0.2, 0.25) is 0 Å². The molecule has 0 aliphatic heterocycles. The van der Waals surface area contributed by atoms with Crippen LogP contribution in [0.15, 0.2) is 42.5 Å². The second-order valence-corrected chi connectivity index (χ2v) is 2.34. The molecule has 0 radical (unpaired) electrons. The van der Waals surface area contributed by atoms with Crippen molar-refractivity contribution in [2.24, 2.45) is 0 Å². The second kappa shape index (κ2) is 4.69. The minimum absolute atomic E-state index is 0.132. The summed E-state index contributed by atoms with van der Waals surface area (Å²) in [6.07, 6.45) is 4.63. The topological polar surface area (TPSA) is 20.2 Å². The highest BCUT2D eigenvalue weighted by atomic mass is 16.2. The fourth-order valence-electron chi connectivity index (χ4n) is 0.908. The van der Waals surface area contributed by atoms with Crippen LogP contribution in [0.4, 0.5) is 0 Å². The molecule has 1 rings (SSSR count). The summed E-state index contributed by atoms with van der Waals surface area (Å²) in [6, 6.07) is 10.2. The van der Waals surface area contributed by atoms with E-state index in [0.717, 1.165) is 6.42 Å². The molecule has 0 aromatic heterocycles. The van der Waals surface area contributed by atoms with E-state index in [0.29, 0.717) is 0 Å². The Morgan fingerprint density at radius 3 is 2.45 bits per heavy atom. The van der Waals surface area contributed by atoms with E-state index in [2.05, 4.69) is 12.1 Å². The van der Waals surface area contributed by atoms with Crippen LogP contribution in [-0.2, 0) is 6.42 Å². The van der Waals surface area contributed by atoms with E-state index in [9.17, 15) is 0 Å². The lowest BCUT2D eigenvalue weighted by molar-refractivity contribution is 0.342. The van der Waals surface area contributed by atoms with Crippen LogP contribution >= 0.6 is 0 Å². The van der Waals surface area contributed by atoms with Crippen molar-refractivity contribution in [3.8, 4) is 0 Å². The third-order valence-corrected chi connectivity index (χ3v) is 1.47. The highest BCUT2D eigenvalue weighted by Gasteiger charge is 1.83.